The van der Waals surface area contributed by atoms with Crippen LogP contribution in [0.3, 0.4) is 0 Å². The van der Waals surface area contributed by atoms with Crippen LogP contribution in [0.5, 0.6) is 0 Å². The minimum Gasteiger partial charge on any atom is -0.481 e. The first-order chi connectivity index (χ1) is 17.5. The van der Waals surface area contributed by atoms with Crippen molar-refractivity contribution in [3.05, 3.63) is 36.0 Å². The number of rotatable bonds is 15. The third-order valence-corrected chi connectivity index (χ3v) is 5.47. The summed E-state index contributed by atoms with van der Waals surface area (Å²) in [5.41, 5.74) is 12.7. The number of carbonyl (C=O) groups excluding carboxylic acids is 4. The number of hydrogen-bond donors (Lipinski definition) is 8. The van der Waals surface area contributed by atoms with Crippen molar-refractivity contribution < 1.29 is 39.0 Å². The van der Waals surface area contributed by atoms with Crippen LogP contribution in [0.4, 0.5) is 0 Å². The lowest BCUT2D eigenvalue weighted by atomic mass is 10.1. The van der Waals surface area contributed by atoms with Gasteiger partial charge in [0, 0.05) is 29.9 Å². The molecule has 37 heavy (non-hydrogen) atoms. The smallest absolute Gasteiger partial charge is 0.326 e. The normalized spacial score (nSPS) is 13.2. The van der Waals surface area contributed by atoms with Gasteiger partial charge in [-0.25, -0.2) is 4.79 Å². The quantitative estimate of drug-likeness (QED) is 0.134. The van der Waals surface area contributed by atoms with E-state index in [2.05, 4.69) is 20.9 Å². The maximum Gasteiger partial charge on any atom is 0.326 e. The molecule has 10 N–H and O–H groups in total. The highest BCUT2D eigenvalue weighted by molar-refractivity contribution is 5.93. The first kappa shape index (κ1) is 28.8. The molecule has 2 aromatic rings. The highest BCUT2D eigenvalue weighted by atomic mass is 16.4. The van der Waals surface area contributed by atoms with E-state index in [4.69, 9.17) is 16.6 Å². The number of nitrogens with one attached hydrogen (secondary N) is 4. The zero-order valence-corrected chi connectivity index (χ0v) is 19.9. The maximum absolute atomic E-state index is 12.6. The van der Waals surface area contributed by atoms with Crippen LogP contribution in [0.2, 0.25) is 0 Å². The van der Waals surface area contributed by atoms with E-state index < -0.39 is 66.7 Å². The summed E-state index contributed by atoms with van der Waals surface area (Å²) in [4.78, 5) is 73.7. The van der Waals surface area contributed by atoms with Gasteiger partial charge in [-0.15, -0.1) is 0 Å². The average molecular weight is 519 g/mol. The molecule has 200 valence electrons. The van der Waals surface area contributed by atoms with Gasteiger partial charge in [0.05, 0.1) is 12.6 Å². The highest BCUT2D eigenvalue weighted by Gasteiger charge is 2.27. The van der Waals surface area contributed by atoms with Gasteiger partial charge in [0.2, 0.25) is 23.6 Å². The van der Waals surface area contributed by atoms with Crippen LogP contribution in [-0.4, -0.2) is 75.4 Å². The van der Waals surface area contributed by atoms with Crippen molar-refractivity contribution in [2.45, 2.75) is 50.2 Å². The number of aromatic nitrogens is 1. The van der Waals surface area contributed by atoms with E-state index in [9.17, 15) is 33.9 Å². The molecule has 0 saturated heterocycles. The summed E-state index contributed by atoms with van der Waals surface area (Å²) in [6, 6.07) is 3.61. The molecule has 0 aliphatic carbocycles. The number of primary amides is 1. The second-order valence-electron chi connectivity index (χ2n) is 8.34. The summed E-state index contributed by atoms with van der Waals surface area (Å²) in [5, 5.41) is 25.9. The molecule has 0 bridgehead atoms. The van der Waals surface area contributed by atoms with Crippen LogP contribution in [0.1, 0.15) is 31.2 Å². The molecule has 0 radical (unpaired) electrons. The zero-order valence-electron chi connectivity index (χ0n) is 19.9. The summed E-state index contributed by atoms with van der Waals surface area (Å²) in [5.74, 6) is -5.85. The zero-order chi connectivity index (χ0) is 27.5. The molecule has 0 spiro atoms. The molecule has 3 atom stereocenters. The van der Waals surface area contributed by atoms with Gasteiger partial charge >= 0.3 is 11.9 Å². The number of aliphatic carboxylic acids is 2. The van der Waals surface area contributed by atoms with Crippen molar-refractivity contribution in [1.82, 2.24) is 20.9 Å². The summed E-state index contributed by atoms with van der Waals surface area (Å²) < 4.78 is 0. The molecule has 4 amide bonds. The van der Waals surface area contributed by atoms with Gasteiger partial charge in [0.15, 0.2) is 0 Å². The largest absolute Gasteiger partial charge is 0.481 e. The van der Waals surface area contributed by atoms with Crippen molar-refractivity contribution in [2.24, 2.45) is 11.5 Å². The van der Waals surface area contributed by atoms with Gasteiger partial charge in [0.25, 0.3) is 0 Å². The lowest BCUT2D eigenvalue weighted by molar-refractivity contribution is -0.143. The Kier molecular flexibility index (Phi) is 10.6. The van der Waals surface area contributed by atoms with E-state index in [0.717, 1.165) is 16.5 Å². The Morgan fingerprint density at radius 3 is 2.24 bits per heavy atom. The molecular formula is C23H30N6O8. The van der Waals surface area contributed by atoms with E-state index in [1.807, 2.05) is 24.3 Å². The molecule has 0 aliphatic rings. The summed E-state index contributed by atoms with van der Waals surface area (Å²) >= 11 is 0. The van der Waals surface area contributed by atoms with Crippen LogP contribution >= 0.6 is 0 Å². The number of carboxylic acids is 2. The Balaban J connectivity index is 1.94. The number of carboxylic acid groups (broad SMARTS) is 2. The molecule has 1 aromatic carbocycles. The van der Waals surface area contributed by atoms with Gasteiger partial charge in [-0.1, -0.05) is 18.2 Å². The standard InChI is InChI=1S/C23H30N6O8/c24-14(9-12-10-26-15-4-2-1-3-13(12)15)21(34)27-11-19(31)28-16(6-8-20(32)33)22(35)29-17(23(36)37)5-7-18(25)30/h1-4,10,14,16-17,26H,5-9,11,24H2,(H2,25,30)(H,27,34)(H,28,31)(H,29,35)(H,32,33)(H,36,37). The number of benzene rings is 1. The fourth-order valence-electron chi connectivity index (χ4n) is 3.53. The SMILES string of the molecule is NC(=O)CCC(NC(=O)C(CCC(=O)O)NC(=O)CNC(=O)C(N)Cc1c[nH]c2ccccc12)C(=O)O. The predicted molar refractivity (Wildman–Crippen MR) is 130 cm³/mol. The van der Waals surface area contributed by atoms with Crippen LogP contribution in [0.25, 0.3) is 10.9 Å². The molecule has 1 aromatic heterocycles. The van der Waals surface area contributed by atoms with E-state index in [1.165, 1.54) is 0 Å². The Bertz CT molecular complexity index is 1160. The number of amides is 4. The Hall–Kier alpha value is -4.46. The lowest BCUT2D eigenvalue weighted by Gasteiger charge is -2.21. The van der Waals surface area contributed by atoms with Crippen LogP contribution in [0, 0.1) is 0 Å². The maximum atomic E-state index is 12.6. The van der Waals surface area contributed by atoms with Gasteiger partial charge in [-0.3, -0.25) is 24.0 Å². The van der Waals surface area contributed by atoms with Crippen LogP contribution in [0.15, 0.2) is 30.5 Å². The van der Waals surface area contributed by atoms with Crippen molar-refractivity contribution in [3.8, 4) is 0 Å². The third kappa shape index (κ3) is 9.25. The number of para-hydroxylation sites is 1. The molecular weight excluding hydrogens is 488 g/mol. The molecule has 1 heterocycles. The van der Waals surface area contributed by atoms with Gasteiger partial charge in [0.1, 0.15) is 12.1 Å². The average Bonchev–Trinajstić information content (AvgIpc) is 3.24. The molecule has 0 aliphatic heterocycles. The number of hydrogen-bond acceptors (Lipinski definition) is 7. The summed E-state index contributed by atoms with van der Waals surface area (Å²) in [6.07, 6.45) is 0.490. The number of aromatic amines is 1. The van der Waals surface area contributed by atoms with E-state index in [1.54, 1.807) is 6.20 Å². The minimum atomic E-state index is -1.48. The predicted octanol–water partition coefficient (Wildman–Crippen LogP) is -1.66. The van der Waals surface area contributed by atoms with Gasteiger partial charge in [-0.2, -0.15) is 0 Å². The first-order valence-corrected chi connectivity index (χ1v) is 11.4. The van der Waals surface area contributed by atoms with E-state index in [0.29, 0.717) is 0 Å². The topological polar surface area (TPSA) is 247 Å². The van der Waals surface area contributed by atoms with Crippen molar-refractivity contribution in [2.75, 3.05) is 6.54 Å². The van der Waals surface area contributed by atoms with E-state index >= 15 is 0 Å². The third-order valence-electron chi connectivity index (χ3n) is 5.47. The fraction of sp³-hybridized carbons (Fsp3) is 0.391. The molecule has 14 heteroatoms. The fourth-order valence-corrected chi connectivity index (χ4v) is 3.53. The molecule has 0 saturated carbocycles. The van der Waals surface area contributed by atoms with E-state index in [-0.39, 0.29) is 25.7 Å². The molecule has 3 unspecified atom stereocenters. The minimum absolute atomic E-state index is 0.197. The lowest BCUT2D eigenvalue weighted by Crippen LogP contribution is -2.54. The number of H-pyrrole nitrogens is 1. The number of carbonyl (C=O) groups is 6. The first-order valence-electron chi connectivity index (χ1n) is 11.4. The Labute approximate surface area is 211 Å². The summed E-state index contributed by atoms with van der Waals surface area (Å²) in [6.45, 7) is -0.554. The molecule has 2 rings (SSSR count). The van der Waals surface area contributed by atoms with Crippen molar-refractivity contribution >= 4 is 46.5 Å². The Morgan fingerprint density at radius 1 is 0.919 bits per heavy atom. The number of fused-ring (bicyclic) bond motifs is 1. The molecule has 14 nitrogen and oxygen atoms in total. The van der Waals surface area contributed by atoms with Crippen molar-refractivity contribution in [3.63, 3.8) is 0 Å². The second kappa shape index (κ2) is 13.6. The van der Waals surface area contributed by atoms with Gasteiger partial charge in [-0.05, 0) is 30.9 Å². The Morgan fingerprint density at radius 2 is 1.59 bits per heavy atom. The van der Waals surface area contributed by atoms with Gasteiger partial charge < -0.3 is 42.6 Å². The summed E-state index contributed by atoms with van der Waals surface area (Å²) in [7, 11) is 0. The molecule has 0 fully saturated rings. The van der Waals surface area contributed by atoms with Crippen LogP contribution < -0.4 is 27.4 Å². The highest BCUT2D eigenvalue weighted by Crippen LogP contribution is 2.18. The number of nitrogens with two attached hydrogens (primary N) is 2. The second-order valence-corrected chi connectivity index (χ2v) is 8.34. The monoisotopic (exact) mass is 518 g/mol. The van der Waals surface area contributed by atoms with Crippen molar-refractivity contribution in [1.29, 1.82) is 0 Å². The van der Waals surface area contributed by atoms with Crippen LogP contribution in [-0.2, 0) is 35.2 Å².